The normalized spacial score (nSPS) is 15.3. The van der Waals surface area contributed by atoms with Gasteiger partial charge in [-0.25, -0.2) is 9.97 Å². The minimum absolute atomic E-state index is 0.444. The molecule has 2 aromatic heterocycles. The van der Waals surface area contributed by atoms with Crippen molar-refractivity contribution >= 4 is 11.0 Å². The molecule has 1 aliphatic rings. The van der Waals surface area contributed by atoms with Gasteiger partial charge in [-0.15, -0.1) is 0 Å². The first-order chi connectivity index (χ1) is 12.7. The van der Waals surface area contributed by atoms with Gasteiger partial charge in [0.15, 0.2) is 11.5 Å². The Morgan fingerprint density at radius 2 is 1.85 bits per heavy atom. The number of rotatable bonds is 4. The highest BCUT2D eigenvalue weighted by Gasteiger charge is 2.20. The Hall–Kier alpha value is -2.60. The zero-order valence-corrected chi connectivity index (χ0v) is 15.4. The molecule has 4 rings (SSSR count). The van der Waals surface area contributed by atoms with Crippen LogP contribution in [0.15, 0.2) is 24.4 Å². The monoisotopic (exact) mass is 352 g/mol. The summed E-state index contributed by atoms with van der Waals surface area (Å²) < 4.78 is 10.8. The third-order valence-electron chi connectivity index (χ3n) is 5.17. The summed E-state index contributed by atoms with van der Waals surface area (Å²) in [4.78, 5) is 13.0. The second-order valence-corrected chi connectivity index (χ2v) is 6.71. The summed E-state index contributed by atoms with van der Waals surface area (Å²) in [6, 6.07) is 5.93. The summed E-state index contributed by atoms with van der Waals surface area (Å²) >= 11 is 0. The molecule has 2 N–H and O–H groups in total. The molecule has 6 heteroatoms. The van der Waals surface area contributed by atoms with E-state index in [-0.39, 0.29) is 0 Å². The molecule has 0 radical (unpaired) electrons. The Kier molecular flexibility index (Phi) is 4.51. The molecular formula is C20H24N4O2. The summed E-state index contributed by atoms with van der Waals surface area (Å²) in [6.45, 7) is 4.17. The molecule has 0 spiro atoms. The van der Waals surface area contributed by atoms with Crippen LogP contribution in [0.3, 0.4) is 0 Å². The molecule has 1 aromatic carbocycles. The van der Waals surface area contributed by atoms with Gasteiger partial charge in [-0.3, -0.25) is 0 Å². The molecule has 1 saturated heterocycles. The highest BCUT2D eigenvalue weighted by molar-refractivity contribution is 5.87. The first kappa shape index (κ1) is 16.8. The lowest BCUT2D eigenvalue weighted by Crippen LogP contribution is -2.27. The molecule has 0 atom stereocenters. The van der Waals surface area contributed by atoms with Gasteiger partial charge in [-0.1, -0.05) is 0 Å². The average Bonchev–Trinajstić information content (AvgIpc) is 3.04. The van der Waals surface area contributed by atoms with E-state index in [1.165, 1.54) is 0 Å². The lowest BCUT2D eigenvalue weighted by Gasteiger charge is -2.21. The van der Waals surface area contributed by atoms with E-state index in [1.807, 2.05) is 24.4 Å². The number of ether oxygens (including phenoxy) is 2. The molecule has 0 amide bonds. The Morgan fingerprint density at radius 1 is 1.08 bits per heavy atom. The first-order valence-electron chi connectivity index (χ1n) is 8.99. The lowest BCUT2D eigenvalue weighted by atomic mass is 9.97. The van der Waals surface area contributed by atoms with Crippen molar-refractivity contribution in [2.75, 3.05) is 27.3 Å². The fraction of sp³-hybridized carbons (Fsp3) is 0.400. The van der Waals surface area contributed by atoms with Crippen LogP contribution in [0.4, 0.5) is 0 Å². The Labute approximate surface area is 153 Å². The number of aromatic amines is 1. The van der Waals surface area contributed by atoms with E-state index in [2.05, 4.69) is 22.2 Å². The largest absolute Gasteiger partial charge is 0.493 e. The molecule has 6 nitrogen and oxygen atoms in total. The number of nitrogens with one attached hydrogen (secondary N) is 2. The predicted octanol–water partition coefficient (Wildman–Crippen LogP) is 3.42. The molecule has 1 fully saturated rings. The standard InChI is InChI=1S/C20H24N4O2/c1-12-18(14-4-5-16(25-2)17(10-14)26-3)23-15-11-22-20(24-19(12)15)13-6-8-21-9-7-13/h4-5,10-11,13,21,23H,6-9H2,1-3H3. The van der Waals surface area contributed by atoms with Crippen LogP contribution in [0.25, 0.3) is 22.3 Å². The van der Waals surface area contributed by atoms with E-state index in [4.69, 9.17) is 14.5 Å². The zero-order chi connectivity index (χ0) is 18.1. The van der Waals surface area contributed by atoms with Crippen molar-refractivity contribution in [1.29, 1.82) is 0 Å². The molecule has 136 valence electrons. The number of nitrogens with zero attached hydrogens (tertiary/aromatic N) is 2. The predicted molar refractivity (Wildman–Crippen MR) is 102 cm³/mol. The van der Waals surface area contributed by atoms with E-state index < -0.39 is 0 Å². The lowest BCUT2D eigenvalue weighted by molar-refractivity contribution is 0.355. The number of hydrogen-bond donors (Lipinski definition) is 2. The van der Waals surface area contributed by atoms with Gasteiger partial charge in [0, 0.05) is 17.0 Å². The van der Waals surface area contributed by atoms with Crippen LogP contribution >= 0.6 is 0 Å². The van der Waals surface area contributed by atoms with E-state index in [1.54, 1.807) is 14.2 Å². The van der Waals surface area contributed by atoms with Crippen LogP contribution in [0.5, 0.6) is 11.5 Å². The molecular weight excluding hydrogens is 328 g/mol. The van der Waals surface area contributed by atoms with Gasteiger partial charge in [0.25, 0.3) is 0 Å². The van der Waals surface area contributed by atoms with Crippen molar-refractivity contribution in [3.8, 4) is 22.8 Å². The second-order valence-electron chi connectivity index (χ2n) is 6.71. The quantitative estimate of drug-likeness (QED) is 0.753. The molecule has 3 heterocycles. The highest BCUT2D eigenvalue weighted by Crippen LogP contribution is 2.35. The van der Waals surface area contributed by atoms with Gasteiger partial charge in [-0.2, -0.15) is 0 Å². The molecule has 0 unspecified atom stereocenters. The number of fused-ring (bicyclic) bond motifs is 1. The van der Waals surface area contributed by atoms with Gasteiger partial charge >= 0.3 is 0 Å². The minimum atomic E-state index is 0.444. The van der Waals surface area contributed by atoms with E-state index in [0.717, 1.165) is 65.4 Å². The van der Waals surface area contributed by atoms with Gasteiger partial charge in [0.1, 0.15) is 5.82 Å². The maximum atomic E-state index is 5.44. The summed E-state index contributed by atoms with van der Waals surface area (Å²) in [5.41, 5.74) is 5.17. The fourth-order valence-electron chi connectivity index (χ4n) is 3.68. The van der Waals surface area contributed by atoms with Gasteiger partial charge in [0.05, 0.1) is 37.1 Å². The van der Waals surface area contributed by atoms with Crippen molar-refractivity contribution in [1.82, 2.24) is 20.3 Å². The van der Waals surface area contributed by atoms with Crippen LogP contribution in [-0.4, -0.2) is 42.3 Å². The number of aryl methyl sites for hydroxylation is 1. The first-order valence-corrected chi connectivity index (χ1v) is 8.99. The van der Waals surface area contributed by atoms with Gasteiger partial charge in [0.2, 0.25) is 0 Å². The molecule has 0 bridgehead atoms. The second kappa shape index (κ2) is 6.96. The van der Waals surface area contributed by atoms with Crippen molar-refractivity contribution in [2.24, 2.45) is 0 Å². The van der Waals surface area contributed by atoms with Crippen LogP contribution < -0.4 is 14.8 Å². The summed E-state index contributed by atoms with van der Waals surface area (Å²) in [5.74, 6) is 2.84. The van der Waals surface area contributed by atoms with Crippen LogP contribution in [0.2, 0.25) is 0 Å². The Morgan fingerprint density at radius 3 is 2.58 bits per heavy atom. The number of piperidine rings is 1. The van der Waals surface area contributed by atoms with Crippen molar-refractivity contribution < 1.29 is 9.47 Å². The third-order valence-corrected chi connectivity index (χ3v) is 5.17. The molecule has 3 aromatic rings. The topological polar surface area (TPSA) is 72.1 Å². The summed E-state index contributed by atoms with van der Waals surface area (Å²) in [5, 5.41) is 3.39. The van der Waals surface area contributed by atoms with Crippen molar-refractivity contribution in [2.45, 2.75) is 25.7 Å². The molecule has 0 saturated carbocycles. The Bertz CT molecular complexity index is 929. The fourth-order valence-corrected chi connectivity index (χ4v) is 3.68. The highest BCUT2D eigenvalue weighted by atomic mass is 16.5. The minimum Gasteiger partial charge on any atom is -0.493 e. The van der Waals surface area contributed by atoms with E-state index in [0.29, 0.717) is 11.7 Å². The number of H-pyrrole nitrogens is 1. The average molecular weight is 352 g/mol. The zero-order valence-electron chi connectivity index (χ0n) is 15.4. The number of benzene rings is 1. The third kappa shape index (κ3) is 2.90. The number of hydrogen-bond acceptors (Lipinski definition) is 5. The summed E-state index contributed by atoms with van der Waals surface area (Å²) in [6.07, 6.45) is 4.10. The Balaban J connectivity index is 1.76. The van der Waals surface area contributed by atoms with Crippen LogP contribution in [0, 0.1) is 6.92 Å². The van der Waals surface area contributed by atoms with Gasteiger partial charge < -0.3 is 19.8 Å². The number of methoxy groups -OCH3 is 2. The SMILES string of the molecule is COc1ccc(-c2[nH]c3cnc(C4CCNCC4)nc3c2C)cc1OC. The van der Waals surface area contributed by atoms with Crippen molar-refractivity contribution in [3.05, 3.63) is 35.8 Å². The molecule has 1 aliphatic heterocycles. The molecule has 0 aliphatic carbocycles. The number of aromatic nitrogens is 3. The van der Waals surface area contributed by atoms with E-state index in [9.17, 15) is 0 Å². The maximum absolute atomic E-state index is 5.44. The van der Waals surface area contributed by atoms with Crippen LogP contribution in [0.1, 0.15) is 30.1 Å². The maximum Gasteiger partial charge on any atom is 0.161 e. The van der Waals surface area contributed by atoms with Crippen LogP contribution in [-0.2, 0) is 0 Å². The summed E-state index contributed by atoms with van der Waals surface area (Å²) in [7, 11) is 3.29. The van der Waals surface area contributed by atoms with Gasteiger partial charge in [-0.05, 0) is 51.1 Å². The van der Waals surface area contributed by atoms with E-state index >= 15 is 0 Å². The van der Waals surface area contributed by atoms with Crippen molar-refractivity contribution in [3.63, 3.8) is 0 Å². The molecule has 26 heavy (non-hydrogen) atoms. The smallest absolute Gasteiger partial charge is 0.161 e.